The van der Waals surface area contributed by atoms with Crippen molar-refractivity contribution in [3.8, 4) is 0 Å². The van der Waals surface area contributed by atoms with Crippen LogP contribution in [0.25, 0.3) is 0 Å². The predicted molar refractivity (Wildman–Crippen MR) is 59.8 cm³/mol. The predicted octanol–water partition coefficient (Wildman–Crippen LogP) is 1.77. The lowest BCUT2D eigenvalue weighted by atomic mass is 9.89. The van der Waals surface area contributed by atoms with E-state index < -0.39 is 12.1 Å². The smallest absolute Gasteiger partial charge is 0.336 e. The van der Waals surface area contributed by atoms with Crippen LogP contribution in [0, 0.1) is 0 Å². The van der Waals surface area contributed by atoms with Crippen LogP contribution in [0.15, 0.2) is 35.9 Å². The van der Waals surface area contributed by atoms with Gasteiger partial charge in [-0.1, -0.05) is 30.3 Å². The molecule has 2 rings (SSSR count). The van der Waals surface area contributed by atoms with Gasteiger partial charge in [-0.3, -0.25) is 0 Å². The van der Waals surface area contributed by atoms with E-state index in [9.17, 15) is 9.90 Å². The van der Waals surface area contributed by atoms with E-state index in [1.807, 2.05) is 24.3 Å². The Balaban J connectivity index is 2.28. The molecular weight excluding hydrogens is 204 g/mol. The van der Waals surface area contributed by atoms with Crippen LogP contribution >= 0.6 is 0 Å². The summed E-state index contributed by atoms with van der Waals surface area (Å²) < 4.78 is 4.90. The van der Waals surface area contributed by atoms with Crippen molar-refractivity contribution in [1.29, 1.82) is 0 Å². The van der Waals surface area contributed by atoms with E-state index in [2.05, 4.69) is 0 Å². The van der Waals surface area contributed by atoms with Crippen LogP contribution in [-0.2, 0) is 16.0 Å². The molecule has 1 atom stereocenters. The maximum atomic E-state index is 11.6. The quantitative estimate of drug-likeness (QED) is 0.769. The molecule has 0 spiro atoms. The molecule has 1 unspecified atom stereocenters. The molecule has 0 radical (unpaired) electrons. The van der Waals surface area contributed by atoms with Crippen molar-refractivity contribution in [2.24, 2.45) is 0 Å². The summed E-state index contributed by atoms with van der Waals surface area (Å²) in [6, 6.07) is 7.58. The van der Waals surface area contributed by atoms with Crippen LogP contribution in [0.2, 0.25) is 0 Å². The molecule has 0 aliphatic heterocycles. The number of carbonyl (C=O) groups excluding carboxylic acids is 1. The molecule has 0 bridgehead atoms. The highest BCUT2D eigenvalue weighted by atomic mass is 16.5. The molecule has 1 aromatic carbocycles. The van der Waals surface area contributed by atoms with E-state index >= 15 is 0 Å². The largest absolute Gasteiger partial charge is 0.463 e. The van der Waals surface area contributed by atoms with Crippen molar-refractivity contribution in [3.05, 3.63) is 47.0 Å². The Morgan fingerprint density at radius 3 is 3.00 bits per heavy atom. The lowest BCUT2D eigenvalue weighted by molar-refractivity contribution is -0.139. The topological polar surface area (TPSA) is 46.5 Å². The number of rotatable bonds is 2. The van der Waals surface area contributed by atoms with Crippen molar-refractivity contribution in [2.45, 2.75) is 19.4 Å². The summed E-state index contributed by atoms with van der Waals surface area (Å²) in [4.78, 5) is 11.6. The highest BCUT2D eigenvalue weighted by molar-refractivity contribution is 5.90. The maximum absolute atomic E-state index is 11.6. The Morgan fingerprint density at radius 2 is 2.25 bits per heavy atom. The summed E-state index contributed by atoms with van der Waals surface area (Å²) in [5, 5.41) is 10.0. The maximum Gasteiger partial charge on any atom is 0.336 e. The third kappa shape index (κ3) is 1.86. The molecule has 0 amide bonds. The first-order chi connectivity index (χ1) is 7.74. The minimum absolute atomic E-state index is 0.324. The van der Waals surface area contributed by atoms with Gasteiger partial charge in [0, 0.05) is 0 Å². The van der Waals surface area contributed by atoms with Crippen LogP contribution in [0.3, 0.4) is 0 Å². The van der Waals surface area contributed by atoms with Gasteiger partial charge in [0.1, 0.15) is 6.10 Å². The highest BCUT2D eigenvalue weighted by Gasteiger charge is 2.26. The second-order valence-electron chi connectivity index (χ2n) is 3.69. The second kappa shape index (κ2) is 4.49. The number of aliphatic hydroxyl groups is 1. The highest BCUT2D eigenvalue weighted by Crippen LogP contribution is 2.30. The second-order valence-corrected chi connectivity index (χ2v) is 3.69. The molecule has 0 aromatic heterocycles. The summed E-state index contributed by atoms with van der Waals surface area (Å²) in [5.41, 5.74) is 2.21. The fourth-order valence-electron chi connectivity index (χ4n) is 1.90. The molecule has 16 heavy (non-hydrogen) atoms. The normalized spacial score (nSPS) is 18.6. The van der Waals surface area contributed by atoms with Crippen LogP contribution in [0.4, 0.5) is 0 Å². The number of hydrogen-bond donors (Lipinski definition) is 1. The number of fused-ring (bicyclic) bond motifs is 1. The lowest BCUT2D eigenvalue weighted by Gasteiger charge is -2.21. The SMILES string of the molecule is CCOC(=O)C1=CCc2ccccc2C1O. The van der Waals surface area contributed by atoms with Gasteiger partial charge < -0.3 is 9.84 Å². The average molecular weight is 218 g/mol. The van der Waals surface area contributed by atoms with E-state index in [1.165, 1.54) is 0 Å². The first kappa shape index (κ1) is 10.9. The number of benzene rings is 1. The number of aliphatic hydroxyl groups excluding tert-OH is 1. The monoisotopic (exact) mass is 218 g/mol. The van der Waals surface area contributed by atoms with Gasteiger partial charge in [-0.05, 0) is 24.5 Å². The molecule has 0 fully saturated rings. The zero-order valence-corrected chi connectivity index (χ0v) is 9.14. The number of allylic oxidation sites excluding steroid dienone is 1. The van der Waals surface area contributed by atoms with Gasteiger partial charge in [-0.25, -0.2) is 4.79 Å². The zero-order valence-electron chi connectivity index (χ0n) is 9.14. The van der Waals surface area contributed by atoms with E-state index in [-0.39, 0.29) is 0 Å². The fourth-order valence-corrected chi connectivity index (χ4v) is 1.90. The average Bonchev–Trinajstić information content (AvgIpc) is 2.30. The Bertz CT molecular complexity index is 435. The van der Waals surface area contributed by atoms with Gasteiger partial charge in [0.05, 0.1) is 12.2 Å². The van der Waals surface area contributed by atoms with E-state index in [0.29, 0.717) is 18.6 Å². The van der Waals surface area contributed by atoms with E-state index in [1.54, 1.807) is 13.0 Å². The molecule has 3 nitrogen and oxygen atoms in total. The summed E-state index contributed by atoms with van der Waals surface area (Å²) in [6.45, 7) is 2.08. The van der Waals surface area contributed by atoms with E-state index in [0.717, 1.165) is 11.1 Å². The number of hydrogen-bond acceptors (Lipinski definition) is 3. The third-order valence-corrected chi connectivity index (χ3v) is 2.70. The molecule has 0 saturated carbocycles. The first-order valence-corrected chi connectivity index (χ1v) is 5.37. The van der Waals surface area contributed by atoms with Crippen molar-refractivity contribution in [3.63, 3.8) is 0 Å². The Labute approximate surface area is 94.4 Å². The Kier molecular flexibility index (Phi) is 3.06. The van der Waals surface area contributed by atoms with Gasteiger partial charge in [-0.15, -0.1) is 0 Å². The van der Waals surface area contributed by atoms with Crippen molar-refractivity contribution < 1.29 is 14.6 Å². The van der Waals surface area contributed by atoms with Gasteiger partial charge in [-0.2, -0.15) is 0 Å². The molecule has 1 aromatic rings. The number of carbonyl (C=O) groups is 1. The Hall–Kier alpha value is -1.61. The molecule has 84 valence electrons. The van der Waals surface area contributed by atoms with Crippen LogP contribution in [0.5, 0.6) is 0 Å². The van der Waals surface area contributed by atoms with Gasteiger partial charge in [0.25, 0.3) is 0 Å². The molecule has 1 N–H and O–H groups in total. The number of ether oxygens (including phenoxy) is 1. The summed E-state index contributed by atoms with van der Waals surface area (Å²) in [6.07, 6.45) is 1.55. The van der Waals surface area contributed by atoms with Gasteiger partial charge >= 0.3 is 5.97 Å². The number of esters is 1. The summed E-state index contributed by atoms with van der Waals surface area (Å²) in [5.74, 6) is -0.426. The van der Waals surface area contributed by atoms with Crippen molar-refractivity contribution in [2.75, 3.05) is 6.61 Å². The van der Waals surface area contributed by atoms with Crippen LogP contribution in [0.1, 0.15) is 24.2 Å². The standard InChI is InChI=1S/C13H14O3/c1-2-16-13(15)11-8-7-9-5-3-4-6-10(9)12(11)14/h3-6,8,12,14H,2,7H2,1H3. The minimum atomic E-state index is -0.857. The molecular formula is C13H14O3. The fraction of sp³-hybridized carbons (Fsp3) is 0.308. The minimum Gasteiger partial charge on any atom is -0.463 e. The van der Waals surface area contributed by atoms with E-state index in [4.69, 9.17) is 4.74 Å². The Morgan fingerprint density at radius 1 is 1.50 bits per heavy atom. The van der Waals surface area contributed by atoms with Crippen LogP contribution < -0.4 is 0 Å². The molecule has 3 heteroatoms. The molecule has 1 aliphatic carbocycles. The lowest BCUT2D eigenvalue weighted by Crippen LogP contribution is -2.19. The first-order valence-electron chi connectivity index (χ1n) is 5.37. The van der Waals surface area contributed by atoms with Gasteiger partial charge in [0.2, 0.25) is 0 Å². The summed E-state index contributed by atoms with van der Waals surface area (Å²) >= 11 is 0. The van der Waals surface area contributed by atoms with Crippen LogP contribution in [-0.4, -0.2) is 17.7 Å². The molecule has 0 saturated heterocycles. The zero-order chi connectivity index (χ0) is 11.5. The van der Waals surface area contributed by atoms with Crippen molar-refractivity contribution in [1.82, 2.24) is 0 Å². The van der Waals surface area contributed by atoms with Gasteiger partial charge in [0.15, 0.2) is 0 Å². The van der Waals surface area contributed by atoms with Crippen molar-refractivity contribution >= 4 is 5.97 Å². The third-order valence-electron chi connectivity index (χ3n) is 2.70. The summed E-state index contributed by atoms with van der Waals surface area (Å²) in [7, 11) is 0. The molecule has 0 heterocycles. The molecule has 1 aliphatic rings.